The van der Waals surface area contributed by atoms with E-state index in [4.69, 9.17) is 4.74 Å². The van der Waals surface area contributed by atoms with E-state index in [0.29, 0.717) is 0 Å². The zero-order valence-electron chi connectivity index (χ0n) is 10.3. The summed E-state index contributed by atoms with van der Waals surface area (Å²) in [6.07, 6.45) is 8.05. The van der Waals surface area contributed by atoms with Crippen molar-refractivity contribution in [2.45, 2.75) is 40.5 Å². The molecule has 0 aromatic carbocycles. The molecule has 0 amide bonds. The molecule has 0 saturated carbocycles. The minimum Gasteiger partial charge on any atom is -0.497 e. The van der Waals surface area contributed by atoms with Crippen LogP contribution in [0.15, 0.2) is 36.1 Å². The molecular weight excluding hydrogens is 172 g/mol. The molecule has 0 aliphatic carbocycles. The number of rotatable bonds is 5. The van der Waals surface area contributed by atoms with E-state index < -0.39 is 0 Å². The van der Waals surface area contributed by atoms with Gasteiger partial charge in [0.2, 0.25) is 0 Å². The summed E-state index contributed by atoms with van der Waals surface area (Å²) in [5, 5.41) is 0. The molecule has 82 valence electrons. The summed E-state index contributed by atoms with van der Waals surface area (Å²) in [5.41, 5.74) is 1.23. The van der Waals surface area contributed by atoms with Crippen molar-refractivity contribution in [2.24, 2.45) is 0 Å². The van der Waals surface area contributed by atoms with E-state index >= 15 is 0 Å². The van der Waals surface area contributed by atoms with Crippen molar-refractivity contribution in [3.8, 4) is 0 Å². The van der Waals surface area contributed by atoms with Gasteiger partial charge in [0.1, 0.15) is 5.76 Å². The molecule has 0 aliphatic heterocycles. The summed E-state index contributed by atoms with van der Waals surface area (Å²) in [4.78, 5) is 0. The SMILES string of the molecule is C=C/C(=C\C(=C/C)OC)CCC.CC. The van der Waals surface area contributed by atoms with Crippen molar-refractivity contribution in [3.05, 3.63) is 36.1 Å². The molecule has 0 radical (unpaired) electrons. The third-order valence-electron chi connectivity index (χ3n) is 1.65. The summed E-state index contributed by atoms with van der Waals surface area (Å²) >= 11 is 0. The molecule has 0 spiro atoms. The van der Waals surface area contributed by atoms with E-state index in [1.165, 1.54) is 5.57 Å². The zero-order chi connectivity index (χ0) is 11.4. The fourth-order valence-electron chi connectivity index (χ4n) is 0.965. The van der Waals surface area contributed by atoms with Gasteiger partial charge >= 0.3 is 0 Å². The maximum Gasteiger partial charge on any atom is 0.114 e. The molecule has 0 atom stereocenters. The van der Waals surface area contributed by atoms with Crippen LogP contribution in [0, 0.1) is 0 Å². The Hall–Kier alpha value is -0.980. The highest BCUT2D eigenvalue weighted by molar-refractivity contribution is 5.25. The van der Waals surface area contributed by atoms with Crippen molar-refractivity contribution in [1.29, 1.82) is 0 Å². The van der Waals surface area contributed by atoms with Crippen LogP contribution in [-0.4, -0.2) is 7.11 Å². The maximum atomic E-state index is 5.12. The van der Waals surface area contributed by atoms with Crippen LogP contribution >= 0.6 is 0 Å². The van der Waals surface area contributed by atoms with Crippen molar-refractivity contribution < 1.29 is 4.74 Å². The van der Waals surface area contributed by atoms with Gasteiger partial charge in [0.25, 0.3) is 0 Å². The molecule has 0 aliphatic rings. The molecule has 14 heavy (non-hydrogen) atoms. The van der Waals surface area contributed by atoms with Crippen LogP contribution in [0.3, 0.4) is 0 Å². The Morgan fingerprint density at radius 3 is 2.21 bits per heavy atom. The van der Waals surface area contributed by atoms with Crippen LogP contribution in [0.2, 0.25) is 0 Å². The first-order valence-corrected chi connectivity index (χ1v) is 5.31. The molecular formula is C13H24O. The molecule has 0 aromatic rings. The Morgan fingerprint density at radius 2 is 1.93 bits per heavy atom. The zero-order valence-corrected chi connectivity index (χ0v) is 10.3. The standard InChI is InChI=1S/C11H18O.C2H6/c1-5-8-10(6-2)9-11(7-3)12-4;1-2/h6-7,9H,2,5,8H2,1,3-4H3;1-2H3/b10-9+,11-7+;. The second kappa shape index (κ2) is 12.0. The van der Waals surface area contributed by atoms with Crippen LogP contribution in [0.4, 0.5) is 0 Å². The van der Waals surface area contributed by atoms with Gasteiger partial charge in [-0.15, -0.1) is 0 Å². The van der Waals surface area contributed by atoms with Gasteiger partial charge in [-0.25, -0.2) is 0 Å². The molecule has 1 nitrogen and oxygen atoms in total. The molecule has 0 heterocycles. The molecule has 0 aromatic heterocycles. The highest BCUT2D eigenvalue weighted by Crippen LogP contribution is 2.10. The Labute approximate surface area is 89.2 Å². The van der Waals surface area contributed by atoms with Crippen LogP contribution in [0.5, 0.6) is 0 Å². The van der Waals surface area contributed by atoms with Crippen molar-refractivity contribution >= 4 is 0 Å². The summed E-state index contributed by atoms with van der Waals surface area (Å²) < 4.78 is 5.12. The second-order valence-electron chi connectivity index (χ2n) is 2.57. The fraction of sp³-hybridized carbons (Fsp3) is 0.538. The third-order valence-corrected chi connectivity index (χ3v) is 1.65. The molecule has 0 rings (SSSR count). The van der Waals surface area contributed by atoms with Gasteiger partial charge in [-0.1, -0.05) is 39.8 Å². The van der Waals surface area contributed by atoms with E-state index in [2.05, 4.69) is 13.5 Å². The van der Waals surface area contributed by atoms with Gasteiger partial charge < -0.3 is 4.74 Å². The van der Waals surface area contributed by atoms with Crippen molar-refractivity contribution in [2.75, 3.05) is 7.11 Å². The number of methoxy groups -OCH3 is 1. The van der Waals surface area contributed by atoms with E-state index in [9.17, 15) is 0 Å². The summed E-state index contributed by atoms with van der Waals surface area (Å²) in [5.74, 6) is 0.901. The Morgan fingerprint density at radius 1 is 1.36 bits per heavy atom. The van der Waals surface area contributed by atoms with Gasteiger partial charge in [0.15, 0.2) is 0 Å². The predicted molar refractivity (Wildman–Crippen MR) is 65.3 cm³/mol. The van der Waals surface area contributed by atoms with E-state index in [1.807, 2.05) is 39.0 Å². The fourth-order valence-corrected chi connectivity index (χ4v) is 0.965. The second-order valence-corrected chi connectivity index (χ2v) is 2.57. The van der Waals surface area contributed by atoms with Crippen molar-refractivity contribution in [3.63, 3.8) is 0 Å². The minimum absolute atomic E-state index is 0.901. The largest absolute Gasteiger partial charge is 0.497 e. The summed E-state index contributed by atoms with van der Waals surface area (Å²) in [7, 11) is 1.68. The number of allylic oxidation sites excluding steroid dienone is 4. The lowest BCUT2D eigenvalue weighted by Gasteiger charge is -2.02. The first kappa shape index (κ1) is 15.5. The van der Waals surface area contributed by atoms with Gasteiger partial charge in [-0.05, 0) is 31.1 Å². The Bertz CT molecular complexity index is 187. The minimum atomic E-state index is 0.901. The third kappa shape index (κ3) is 7.66. The average Bonchev–Trinajstić information content (AvgIpc) is 2.27. The van der Waals surface area contributed by atoms with Crippen LogP contribution in [-0.2, 0) is 4.74 Å². The highest BCUT2D eigenvalue weighted by Gasteiger charge is 1.92. The predicted octanol–water partition coefficient (Wildman–Crippen LogP) is 4.48. The lowest BCUT2D eigenvalue weighted by Crippen LogP contribution is -1.84. The lowest BCUT2D eigenvalue weighted by atomic mass is 10.1. The lowest BCUT2D eigenvalue weighted by molar-refractivity contribution is 0.305. The van der Waals surface area contributed by atoms with Crippen LogP contribution in [0.1, 0.15) is 40.5 Å². The Kier molecular flexibility index (Phi) is 13.3. The van der Waals surface area contributed by atoms with E-state index in [0.717, 1.165) is 18.6 Å². The Balaban J connectivity index is 0. The molecule has 0 N–H and O–H groups in total. The molecule has 0 fully saturated rings. The van der Waals surface area contributed by atoms with Gasteiger partial charge in [0, 0.05) is 0 Å². The topological polar surface area (TPSA) is 9.23 Å². The van der Waals surface area contributed by atoms with Gasteiger partial charge in [-0.2, -0.15) is 0 Å². The smallest absolute Gasteiger partial charge is 0.114 e. The molecule has 0 saturated heterocycles. The number of hydrogen-bond donors (Lipinski definition) is 0. The number of ether oxygens (including phenoxy) is 1. The van der Waals surface area contributed by atoms with E-state index in [-0.39, 0.29) is 0 Å². The summed E-state index contributed by atoms with van der Waals surface area (Å²) in [6.45, 7) is 11.9. The first-order valence-electron chi connectivity index (χ1n) is 5.31. The average molecular weight is 196 g/mol. The highest BCUT2D eigenvalue weighted by atomic mass is 16.5. The van der Waals surface area contributed by atoms with Crippen molar-refractivity contribution in [1.82, 2.24) is 0 Å². The quantitative estimate of drug-likeness (QED) is 0.465. The van der Waals surface area contributed by atoms with Crippen LogP contribution in [0.25, 0.3) is 0 Å². The van der Waals surface area contributed by atoms with Gasteiger partial charge in [-0.3, -0.25) is 0 Å². The molecule has 0 unspecified atom stereocenters. The first-order chi connectivity index (χ1) is 6.78. The van der Waals surface area contributed by atoms with E-state index in [1.54, 1.807) is 7.11 Å². The van der Waals surface area contributed by atoms with Crippen LogP contribution < -0.4 is 0 Å². The normalized spacial score (nSPS) is 11.5. The monoisotopic (exact) mass is 196 g/mol. The van der Waals surface area contributed by atoms with Gasteiger partial charge in [0.05, 0.1) is 7.11 Å². The maximum absolute atomic E-state index is 5.12. The molecule has 0 bridgehead atoms. The number of hydrogen-bond acceptors (Lipinski definition) is 1. The molecule has 1 heteroatoms. The summed E-state index contributed by atoms with van der Waals surface area (Å²) in [6, 6.07) is 0.